The van der Waals surface area contributed by atoms with Crippen molar-refractivity contribution in [2.75, 3.05) is 0 Å². The number of nitrogens with two attached hydrogens (primary N) is 1. The number of benzene rings is 1. The summed E-state index contributed by atoms with van der Waals surface area (Å²) in [5.74, 6) is -1.16. The zero-order valence-corrected chi connectivity index (χ0v) is 7.50. The van der Waals surface area contributed by atoms with E-state index in [-0.39, 0.29) is 16.5 Å². The first kappa shape index (κ1) is 9.98. The number of nitrogens with one attached hydrogen (secondary N) is 1. The fourth-order valence-electron chi connectivity index (χ4n) is 0.820. The summed E-state index contributed by atoms with van der Waals surface area (Å²) in [7, 11) is 0. The molecule has 1 rings (SSSR count). The summed E-state index contributed by atoms with van der Waals surface area (Å²) in [5.41, 5.74) is 5.00. The van der Waals surface area contributed by atoms with E-state index in [1.165, 1.54) is 18.2 Å². The minimum atomic E-state index is -0.603. The van der Waals surface area contributed by atoms with Crippen molar-refractivity contribution in [2.45, 2.75) is 5.75 Å². The molecule has 1 aromatic carbocycles. The molecular weight excluding hydrogens is 194 g/mol. The monoisotopic (exact) mass is 202 g/mol. The molecule has 0 saturated heterocycles. The number of thioether (sulfide) groups is 1. The number of hydrogen-bond acceptors (Lipinski definition) is 2. The Labute approximate surface area is 78.6 Å². The molecule has 0 saturated carbocycles. The van der Waals surface area contributed by atoms with Crippen molar-refractivity contribution in [2.24, 2.45) is 5.73 Å². The third-order valence-electron chi connectivity index (χ3n) is 1.43. The van der Waals surface area contributed by atoms with Crippen molar-refractivity contribution >= 4 is 16.9 Å². The van der Waals surface area contributed by atoms with Gasteiger partial charge in [0.25, 0.3) is 0 Å². The molecular formula is C8H8F2N2S. The second-order valence-corrected chi connectivity index (χ2v) is 3.37. The summed E-state index contributed by atoms with van der Waals surface area (Å²) in [6, 6.07) is 3.66. The van der Waals surface area contributed by atoms with Crippen LogP contribution in [-0.4, -0.2) is 5.17 Å². The van der Waals surface area contributed by atoms with Crippen LogP contribution in [0.1, 0.15) is 5.56 Å². The van der Waals surface area contributed by atoms with Gasteiger partial charge in [-0.25, -0.2) is 8.78 Å². The van der Waals surface area contributed by atoms with E-state index in [0.29, 0.717) is 0 Å². The maximum atomic E-state index is 12.9. The Balaban J connectivity index is 2.81. The molecule has 0 atom stereocenters. The van der Waals surface area contributed by atoms with Crippen molar-refractivity contribution in [1.29, 1.82) is 5.41 Å². The quantitative estimate of drug-likeness (QED) is 0.570. The predicted molar refractivity (Wildman–Crippen MR) is 49.6 cm³/mol. The highest BCUT2D eigenvalue weighted by Gasteiger charge is 2.08. The summed E-state index contributed by atoms with van der Waals surface area (Å²) in [4.78, 5) is 0. The van der Waals surface area contributed by atoms with Crippen LogP contribution in [0, 0.1) is 17.0 Å². The molecule has 0 heterocycles. The second kappa shape index (κ2) is 4.23. The molecule has 0 aliphatic carbocycles. The van der Waals surface area contributed by atoms with Gasteiger partial charge in [-0.3, -0.25) is 5.41 Å². The first-order valence-electron chi connectivity index (χ1n) is 3.51. The van der Waals surface area contributed by atoms with E-state index in [1.807, 2.05) is 0 Å². The molecule has 0 radical (unpaired) electrons. The van der Waals surface area contributed by atoms with Gasteiger partial charge in [-0.05, 0) is 12.1 Å². The predicted octanol–water partition coefficient (Wildman–Crippen LogP) is 2.09. The third kappa shape index (κ3) is 2.69. The lowest BCUT2D eigenvalue weighted by molar-refractivity contribution is 0.566. The van der Waals surface area contributed by atoms with Gasteiger partial charge in [0.2, 0.25) is 0 Å². The molecule has 0 aliphatic heterocycles. The minimum absolute atomic E-state index is 0.0392. The molecule has 0 unspecified atom stereocenters. The molecule has 1 aromatic rings. The smallest absolute Gasteiger partial charge is 0.151 e. The first-order valence-corrected chi connectivity index (χ1v) is 4.49. The Morgan fingerprint density at radius 1 is 1.38 bits per heavy atom. The summed E-state index contributed by atoms with van der Waals surface area (Å²) >= 11 is 0.894. The molecule has 3 N–H and O–H groups in total. The van der Waals surface area contributed by atoms with Gasteiger partial charge >= 0.3 is 0 Å². The Bertz CT molecular complexity index is 308. The molecule has 0 bridgehead atoms. The van der Waals surface area contributed by atoms with Gasteiger partial charge in [-0.2, -0.15) is 0 Å². The van der Waals surface area contributed by atoms with Crippen LogP contribution >= 0.6 is 11.8 Å². The van der Waals surface area contributed by atoms with Gasteiger partial charge in [0, 0.05) is 11.3 Å². The standard InChI is InChI=1S/C8H8F2N2S/c9-6-2-1-3-7(10)5(6)4-13-8(11)12/h1-3H,4H2,(H3,11,12). The van der Waals surface area contributed by atoms with Crippen molar-refractivity contribution in [1.82, 2.24) is 0 Å². The van der Waals surface area contributed by atoms with Crippen molar-refractivity contribution in [3.05, 3.63) is 35.4 Å². The van der Waals surface area contributed by atoms with Gasteiger partial charge < -0.3 is 5.73 Å². The van der Waals surface area contributed by atoms with Gasteiger partial charge in [-0.15, -0.1) is 0 Å². The zero-order chi connectivity index (χ0) is 9.84. The Morgan fingerprint density at radius 3 is 2.38 bits per heavy atom. The number of hydrogen-bond donors (Lipinski definition) is 2. The van der Waals surface area contributed by atoms with E-state index >= 15 is 0 Å². The Hall–Kier alpha value is -1.10. The first-order chi connectivity index (χ1) is 6.11. The molecule has 13 heavy (non-hydrogen) atoms. The van der Waals surface area contributed by atoms with Crippen LogP contribution in [-0.2, 0) is 5.75 Å². The summed E-state index contributed by atoms with van der Waals surface area (Å²) in [6.45, 7) is 0. The van der Waals surface area contributed by atoms with Gasteiger partial charge in [0.15, 0.2) is 5.17 Å². The van der Waals surface area contributed by atoms with E-state index in [0.717, 1.165) is 11.8 Å². The topological polar surface area (TPSA) is 49.9 Å². The van der Waals surface area contributed by atoms with Crippen LogP contribution in [0.5, 0.6) is 0 Å². The minimum Gasteiger partial charge on any atom is -0.379 e. The average molecular weight is 202 g/mol. The largest absolute Gasteiger partial charge is 0.379 e. The highest BCUT2D eigenvalue weighted by Crippen LogP contribution is 2.18. The number of halogens is 2. The third-order valence-corrected chi connectivity index (χ3v) is 2.18. The zero-order valence-electron chi connectivity index (χ0n) is 6.68. The van der Waals surface area contributed by atoms with E-state index in [4.69, 9.17) is 11.1 Å². The molecule has 0 amide bonds. The van der Waals surface area contributed by atoms with Crippen LogP contribution in [0.15, 0.2) is 18.2 Å². The fraction of sp³-hybridized carbons (Fsp3) is 0.125. The van der Waals surface area contributed by atoms with E-state index in [1.54, 1.807) is 0 Å². The summed E-state index contributed by atoms with van der Waals surface area (Å²) in [6.07, 6.45) is 0. The average Bonchev–Trinajstić information content (AvgIpc) is 2.03. The SMILES string of the molecule is N=C(N)SCc1c(F)cccc1F. The molecule has 0 aromatic heterocycles. The highest BCUT2D eigenvalue weighted by molar-refractivity contribution is 8.13. The van der Waals surface area contributed by atoms with Gasteiger partial charge in [-0.1, -0.05) is 17.8 Å². The van der Waals surface area contributed by atoms with Crippen molar-refractivity contribution in [3.63, 3.8) is 0 Å². The summed E-state index contributed by atoms with van der Waals surface area (Å²) in [5, 5.41) is 6.73. The van der Waals surface area contributed by atoms with Crippen molar-refractivity contribution < 1.29 is 8.78 Å². The Morgan fingerprint density at radius 2 is 1.92 bits per heavy atom. The lowest BCUT2D eigenvalue weighted by Gasteiger charge is -2.02. The van der Waals surface area contributed by atoms with Gasteiger partial charge in [0.05, 0.1) is 0 Å². The molecule has 0 fully saturated rings. The molecule has 2 nitrogen and oxygen atoms in total. The fourth-order valence-corrected chi connectivity index (χ4v) is 1.40. The van der Waals surface area contributed by atoms with E-state index in [9.17, 15) is 8.78 Å². The van der Waals surface area contributed by atoms with Crippen LogP contribution in [0.25, 0.3) is 0 Å². The molecule has 0 spiro atoms. The normalized spacial score (nSPS) is 10.0. The van der Waals surface area contributed by atoms with Crippen LogP contribution in [0.4, 0.5) is 8.78 Å². The molecule has 5 heteroatoms. The maximum absolute atomic E-state index is 12.9. The van der Waals surface area contributed by atoms with Crippen molar-refractivity contribution in [3.8, 4) is 0 Å². The second-order valence-electron chi connectivity index (χ2n) is 2.35. The van der Waals surface area contributed by atoms with Crippen LogP contribution in [0.2, 0.25) is 0 Å². The van der Waals surface area contributed by atoms with E-state index in [2.05, 4.69) is 0 Å². The highest BCUT2D eigenvalue weighted by atomic mass is 32.2. The molecule has 70 valence electrons. The molecule has 0 aliphatic rings. The number of rotatable bonds is 2. The van der Waals surface area contributed by atoms with Crippen LogP contribution in [0.3, 0.4) is 0 Å². The number of amidine groups is 1. The van der Waals surface area contributed by atoms with E-state index < -0.39 is 11.6 Å². The Kier molecular flexibility index (Phi) is 3.25. The lowest BCUT2D eigenvalue weighted by Crippen LogP contribution is -2.05. The summed E-state index contributed by atoms with van der Waals surface area (Å²) < 4.78 is 25.9. The maximum Gasteiger partial charge on any atom is 0.151 e. The lowest BCUT2D eigenvalue weighted by atomic mass is 10.2. The van der Waals surface area contributed by atoms with Crippen LogP contribution < -0.4 is 5.73 Å². The van der Waals surface area contributed by atoms with Gasteiger partial charge in [0.1, 0.15) is 11.6 Å².